The normalized spacial score (nSPS) is 12.2. The van der Waals surface area contributed by atoms with Crippen LogP contribution in [0.2, 0.25) is 0 Å². The zero-order chi connectivity index (χ0) is 37.3. The Morgan fingerprint density at radius 3 is 1.46 bits per heavy atom. The highest BCUT2D eigenvalue weighted by Gasteiger charge is 2.47. The number of hydrogen-bond acceptors (Lipinski definition) is 6. The molecule has 0 N–H and O–H groups in total. The van der Waals surface area contributed by atoms with Crippen LogP contribution in [0.3, 0.4) is 0 Å². The molecule has 0 fully saturated rings. The van der Waals surface area contributed by atoms with Crippen LogP contribution in [-0.2, 0) is 35.4 Å². The Labute approximate surface area is 318 Å². The topological polar surface area (TPSA) is 71.1 Å². The van der Waals surface area contributed by atoms with E-state index in [9.17, 15) is 9.59 Å². The maximum absolute atomic E-state index is 11.5. The van der Waals surface area contributed by atoms with Crippen LogP contribution in [0.1, 0.15) is 22.3 Å². The predicted molar refractivity (Wildman–Crippen MR) is 212 cm³/mol. The van der Waals surface area contributed by atoms with Gasteiger partial charge >= 0.3 is 11.9 Å². The van der Waals surface area contributed by atoms with Crippen LogP contribution in [0.5, 0.6) is 11.5 Å². The SMILES string of the molecule is C=CC(=O)OCCOc1ccc(C2(c3ccc(OCCOC(=O)C=C)cc3)c3ccccc3-c3ccc([S+](c4ccccc4)c4ccccc4)cc32)cc1. The summed E-state index contributed by atoms with van der Waals surface area (Å²) in [5.41, 5.74) is 6.15. The van der Waals surface area contributed by atoms with Crippen molar-refractivity contribution >= 4 is 22.8 Å². The molecule has 0 bridgehead atoms. The predicted octanol–water partition coefficient (Wildman–Crippen LogP) is 9.36. The molecule has 0 saturated heterocycles. The van der Waals surface area contributed by atoms with E-state index < -0.39 is 17.4 Å². The Hall–Kier alpha value is -6.31. The van der Waals surface area contributed by atoms with Crippen molar-refractivity contribution in [2.24, 2.45) is 0 Å². The molecule has 1 aliphatic rings. The van der Waals surface area contributed by atoms with Gasteiger partial charge in [0.25, 0.3) is 0 Å². The maximum atomic E-state index is 11.5. The van der Waals surface area contributed by atoms with E-state index in [-0.39, 0.29) is 37.3 Å². The zero-order valence-electron chi connectivity index (χ0n) is 29.7. The molecule has 6 aromatic carbocycles. The lowest BCUT2D eigenvalue weighted by Gasteiger charge is -2.34. The van der Waals surface area contributed by atoms with Gasteiger partial charge in [0, 0.05) is 12.2 Å². The van der Waals surface area contributed by atoms with Gasteiger partial charge in [-0.1, -0.05) is 98.1 Å². The second-order valence-electron chi connectivity index (χ2n) is 12.4. The van der Waals surface area contributed by atoms with Gasteiger partial charge in [-0.3, -0.25) is 0 Å². The van der Waals surface area contributed by atoms with Crippen LogP contribution in [-0.4, -0.2) is 38.4 Å². The highest BCUT2D eigenvalue weighted by atomic mass is 32.2. The number of benzene rings is 6. The van der Waals surface area contributed by atoms with Gasteiger partial charge in [-0.05, 0) is 100 Å². The van der Waals surface area contributed by atoms with Gasteiger partial charge in [0.05, 0.1) is 16.3 Å². The summed E-state index contributed by atoms with van der Waals surface area (Å²) < 4.78 is 22.1. The number of carbonyl (C=O) groups excluding carboxylic acids is 2. The highest BCUT2D eigenvalue weighted by Crippen LogP contribution is 2.57. The molecule has 0 aliphatic heterocycles. The fourth-order valence-corrected chi connectivity index (χ4v) is 9.13. The standard InChI is InChI=1S/C47H39O6S/c1-3-45(48)52-31-29-50-36-23-19-34(20-24-36)47(35-21-25-37(26-22-35)51-30-32-53-46(49)4-2)43-18-12-11-17-41(43)42-28-27-40(33-44(42)47)54(38-13-7-5-8-14-38)39-15-9-6-10-16-39/h3-28,33H,1-2,29-32H2/q+1. The van der Waals surface area contributed by atoms with Gasteiger partial charge in [-0.25, -0.2) is 9.59 Å². The Morgan fingerprint density at radius 2 is 0.963 bits per heavy atom. The Balaban J connectivity index is 1.35. The van der Waals surface area contributed by atoms with Crippen molar-refractivity contribution in [2.75, 3.05) is 26.4 Å². The molecule has 0 saturated carbocycles. The molecule has 6 aromatic rings. The van der Waals surface area contributed by atoms with Crippen molar-refractivity contribution in [3.63, 3.8) is 0 Å². The highest BCUT2D eigenvalue weighted by molar-refractivity contribution is 7.97. The Kier molecular flexibility index (Phi) is 11.1. The average molecular weight is 732 g/mol. The third kappa shape index (κ3) is 7.31. The van der Waals surface area contributed by atoms with Crippen LogP contribution >= 0.6 is 0 Å². The van der Waals surface area contributed by atoms with Crippen molar-refractivity contribution in [3.8, 4) is 22.6 Å². The monoisotopic (exact) mass is 731 g/mol. The molecule has 0 spiro atoms. The number of esters is 2. The summed E-state index contributed by atoms with van der Waals surface area (Å²) in [7, 11) is -0.368. The zero-order valence-corrected chi connectivity index (χ0v) is 30.5. The van der Waals surface area contributed by atoms with Gasteiger partial charge in [0.15, 0.2) is 14.7 Å². The number of fused-ring (bicyclic) bond motifs is 3. The molecule has 7 heteroatoms. The summed E-state index contributed by atoms with van der Waals surface area (Å²) in [5.74, 6) is 0.367. The molecule has 54 heavy (non-hydrogen) atoms. The lowest BCUT2D eigenvalue weighted by molar-refractivity contribution is -0.139. The van der Waals surface area contributed by atoms with Crippen molar-refractivity contribution in [1.29, 1.82) is 0 Å². The molecular weight excluding hydrogens is 693 g/mol. The lowest BCUT2D eigenvalue weighted by Crippen LogP contribution is -2.29. The first-order chi connectivity index (χ1) is 26.5. The summed E-state index contributed by atoms with van der Waals surface area (Å²) >= 11 is 0. The van der Waals surface area contributed by atoms with Crippen LogP contribution < -0.4 is 9.47 Å². The van der Waals surface area contributed by atoms with E-state index in [2.05, 4.69) is 141 Å². The minimum absolute atomic E-state index is 0.121. The summed E-state index contributed by atoms with van der Waals surface area (Å²) in [6.07, 6.45) is 2.28. The van der Waals surface area contributed by atoms with Crippen LogP contribution in [0.4, 0.5) is 0 Å². The second kappa shape index (κ2) is 16.6. The third-order valence-corrected chi connectivity index (χ3v) is 11.5. The van der Waals surface area contributed by atoms with Gasteiger partial charge in [0.2, 0.25) is 0 Å². The number of ether oxygens (including phenoxy) is 4. The van der Waals surface area contributed by atoms with E-state index in [1.165, 1.54) is 36.9 Å². The molecule has 0 atom stereocenters. The minimum atomic E-state index is -0.694. The van der Waals surface area contributed by atoms with Crippen molar-refractivity contribution < 1.29 is 28.5 Å². The van der Waals surface area contributed by atoms with E-state index in [1.807, 2.05) is 24.3 Å². The number of carbonyl (C=O) groups is 2. The molecule has 0 radical (unpaired) electrons. The molecule has 268 valence electrons. The number of hydrogen-bond donors (Lipinski definition) is 0. The largest absolute Gasteiger partial charge is 0.490 e. The van der Waals surface area contributed by atoms with Crippen molar-refractivity contribution in [1.82, 2.24) is 0 Å². The molecule has 0 unspecified atom stereocenters. The van der Waals surface area contributed by atoms with Gasteiger partial charge in [-0.2, -0.15) is 0 Å². The van der Waals surface area contributed by atoms with E-state index in [4.69, 9.17) is 18.9 Å². The first-order valence-electron chi connectivity index (χ1n) is 17.7. The average Bonchev–Trinajstić information content (AvgIpc) is 3.52. The smallest absolute Gasteiger partial charge is 0.330 e. The maximum Gasteiger partial charge on any atom is 0.330 e. The minimum Gasteiger partial charge on any atom is -0.490 e. The van der Waals surface area contributed by atoms with Gasteiger partial charge in [0.1, 0.15) is 37.9 Å². The molecule has 1 aliphatic carbocycles. The molecule has 6 nitrogen and oxygen atoms in total. The van der Waals surface area contributed by atoms with E-state index in [0.717, 1.165) is 23.3 Å². The van der Waals surface area contributed by atoms with Crippen LogP contribution in [0, 0.1) is 0 Å². The van der Waals surface area contributed by atoms with Crippen molar-refractivity contribution in [3.05, 3.63) is 199 Å². The van der Waals surface area contributed by atoms with Crippen LogP contribution in [0.25, 0.3) is 11.1 Å². The molecular formula is C47H39O6S+. The van der Waals surface area contributed by atoms with Gasteiger partial charge < -0.3 is 18.9 Å². The molecule has 0 heterocycles. The second-order valence-corrected chi connectivity index (χ2v) is 14.5. The van der Waals surface area contributed by atoms with E-state index in [0.29, 0.717) is 11.5 Å². The first-order valence-corrected chi connectivity index (χ1v) is 18.9. The first kappa shape index (κ1) is 36.1. The van der Waals surface area contributed by atoms with Gasteiger partial charge in [-0.15, -0.1) is 0 Å². The summed E-state index contributed by atoms with van der Waals surface area (Å²) in [6, 6.07) is 53.3. The van der Waals surface area contributed by atoms with Crippen molar-refractivity contribution in [2.45, 2.75) is 20.1 Å². The molecule has 7 rings (SSSR count). The molecule has 0 aromatic heterocycles. The summed E-state index contributed by atoms with van der Waals surface area (Å²) in [4.78, 5) is 26.7. The quantitative estimate of drug-likeness (QED) is 0.0453. The van der Waals surface area contributed by atoms with E-state index in [1.54, 1.807) is 0 Å². The van der Waals surface area contributed by atoms with E-state index >= 15 is 0 Å². The van der Waals surface area contributed by atoms with Crippen LogP contribution in [0.15, 0.2) is 192 Å². The fourth-order valence-electron chi connectivity index (χ4n) is 7.02. The summed E-state index contributed by atoms with van der Waals surface area (Å²) in [6.45, 7) is 7.56. The fraction of sp³-hybridized carbons (Fsp3) is 0.106. The summed E-state index contributed by atoms with van der Waals surface area (Å²) in [5, 5.41) is 0. The molecule has 0 amide bonds. The Bertz CT molecular complexity index is 2140. The lowest BCUT2D eigenvalue weighted by atomic mass is 9.67. The number of rotatable bonds is 15. The third-order valence-electron chi connectivity index (χ3n) is 9.31. The Morgan fingerprint density at radius 1 is 0.500 bits per heavy atom.